The SMILES string of the molecule is CCC[C@@H](NC(=O)C1CCC(CN)CC1)C(=O)O. The quantitative estimate of drug-likeness (QED) is 0.664. The molecule has 0 unspecified atom stereocenters. The molecule has 0 aliphatic heterocycles. The van der Waals surface area contributed by atoms with E-state index in [4.69, 9.17) is 10.8 Å². The largest absolute Gasteiger partial charge is 0.480 e. The zero-order valence-corrected chi connectivity index (χ0v) is 11.0. The summed E-state index contributed by atoms with van der Waals surface area (Å²) in [6, 6.07) is -0.741. The highest BCUT2D eigenvalue weighted by Gasteiger charge is 2.28. The summed E-state index contributed by atoms with van der Waals surface area (Å²) in [5.74, 6) is -0.557. The molecule has 0 bridgehead atoms. The Morgan fingerprint density at radius 1 is 1.33 bits per heavy atom. The molecule has 0 aromatic carbocycles. The van der Waals surface area contributed by atoms with Gasteiger partial charge in [-0.05, 0) is 44.6 Å². The molecule has 1 aliphatic carbocycles. The molecule has 0 heterocycles. The van der Waals surface area contributed by atoms with E-state index in [1.165, 1.54) is 0 Å². The predicted molar refractivity (Wildman–Crippen MR) is 69.0 cm³/mol. The van der Waals surface area contributed by atoms with Crippen LogP contribution in [0.3, 0.4) is 0 Å². The average molecular weight is 256 g/mol. The van der Waals surface area contributed by atoms with Crippen molar-refractivity contribution in [3.8, 4) is 0 Å². The lowest BCUT2D eigenvalue weighted by Gasteiger charge is -2.27. The average Bonchev–Trinajstić information content (AvgIpc) is 2.38. The lowest BCUT2D eigenvalue weighted by Crippen LogP contribution is -2.44. The molecular formula is C13H24N2O3. The molecule has 4 N–H and O–H groups in total. The van der Waals surface area contributed by atoms with Crippen LogP contribution in [0.2, 0.25) is 0 Å². The van der Waals surface area contributed by atoms with Gasteiger partial charge in [0.05, 0.1) is 0 Å². The summed E-state index contributed by atoms with van der Waals surface area (Å²) in [7, 11) is 0. The van der Waals surface area contributed by atoms with Gasteiger partial charge in [-0.15, -0.1) is 0 Å². The van der Waals surface area contributed by atoms with Crippen molar-refractivity contribution in [3.05, 3.63) is 0 Å². The summed E-state index contributed by atoms with van der Waals surface area (Å²) in [6.45, 7) is 2.59. The van der Waals surface area contributed by atoms with Gasteiger partial charge in [0.1, 0.15) is 6.04 Å². The third-order valence-corrected chi connectivity index (χ3v) is 3.74. The molecule has 0 aromatic rings. The summed E-state index contributed by atoms with van der Waals surface area (Å²) < 4.78 is 0. The van der Waals surface area contributed by atoms with Gasteiger partial charge in [0, 0.05) is 5.92 Å². The summed E-state index contributed by atoms with van der Waals surface area (Å²) in [4.78, 5) is 23.0. The Bertz CT molecular complexity index is 286. The van der Waals surface area contributed by atoms with Crippen molar-refractivity contribution in [1.29, 1.82) is 0 Å². The van der Waals surface area contributed by atoms with Gasteiger partial charge < -0.3 is 16.2 Å². The van der Waals surface area contributed by atoms with Crippen LogP contribution in [0.25, 0.3) is 0 Å². The summed E-state index contributed by atoms with van der Waals surface area (Å²) in [5, 5.41) is 11.7. The Morgan fingerprint density at radius 3 is 2.39 bits per heavy atom. The van der Waals surface area contributed by atoms with Crippen molar-refractivity contribution in [2.75, 3.05) is 6.54 Å². The highest BCUT2D eigenvalue weighted by molar-refractivity contribution is 5.84. The number of hydrogen-bond donors (Lipinski definition) is 3. The third-order valence-electron chi connectivity index (χ3n) is 3.74. The molecule has 0 spiro atoms. The van der Waals surface area contributed by atoms with Crippen molar-refractivity contribution in [1.82, 2.24) is 5.32 Å². The van der Waals surface area contributed by atoms with E-state index in [2.05, 4.69) is 5.32 Å². The van der Waals surface area contributed by atoms with Crippen LogP contribution in [-0.4, -0.2) is 29.6 Å². The zero-order chi connectivity index (χ0) is 13.5. The molecule has 0 aromatic heterocycles. The first-order valence-electron chi connectivity index (χ1n) is 6.81. The predicted octanol–water partition coefficient (Wildman–Crippen LogP) is 1.12. The molecule has 1 fully saturated rings. The van der Waals surface area contributed by atoms with Crippen LogP contribution in [0.1, 0.15) is 45.4 Å². The third kappa shape index (κ3) is 4.29. The van der Waals surface area contributed by atoms with E-state index < -0.39 is 12.0 Å². The fourth-order valence-corrected chi connectivity index (χ4v) is 2.50. The van der Waals surface area contributed by atoms with Crippen LogP contribution in [0.4, 0.5) is 0 Å². The molecule has 5 nitrogen and oxygen atoms in total. The first-order chi connectivity index (χ1) is 8.58. The van der Waals surface area contributed by atoms with Crippen molar-refractivity contribution >= 4 is 11.9 Å². The topological polar surface area (TPSA) is 92.4 Å². The number of nitrogens with one attached hydrogen (secondary N) is 1. The van der Waals surface area contributed by atoms with Crippen LogP contribution in [0.15, 0.2) is 0 Å². The molecule has 1 atom stereocenters. The number of nitrogens with two attached hydrogens (primary N) is 1. The van der Waals surface area contributed by atoms with E-state index in [1.54, 1.807) is 0 Å². The van der Waals surface area contributed by atoms with Crippen molar-refractivity contribution < 1.29 is 14.7 Å². The zero-order valence-electron chi connectivity index (χ0n) is 11.0. The number of amides is 1. The molecule has 1 aliphatic rings. The highest BCUT2D eigenvalue weighted by Crippen LogP contribution is 2.28. The molecule has 0 saturated heterocycles. The van der Waals surface area contributed by atoms with Crippen molar-refractivity contribution in [2.45, 2.75) is 51.5 Å². The normalized spacial score (nSPS) is 25.4. The Hall–Kier alpha value is -1.10. The lowest BCUT2D eigenvalue weighted by molar-refractivity contribution is -0.142. The number of rotatable bonds is 6. The fourth-order valence-electron chi connectivity index (χ4n) is 2.50. The number of carbonyl (C=O) groups is 2. The van der Waals surface area contributed by atoms with Crippen LogP contribution in [0.5, 0.6) is 0 Å². The standard InChI is InChI=1S/C13H24N2O3/c1-2-3-11(13(17)18)15-12(16)10-6-4-9(8-14)5-7-10/h9-11H,2-8,14H2,1H3,(H,15,16)(H,17,18)/t9?,10?,11-/m1/s1. The molecule has 1 saturated carbocycles. The number of hydrogen-bond acceptors (Lipinski definition) is 3. The first-order valence-corrected chi connectivity index (χ1v) is 6.81. The highest BCUT2D eigenvalue weighted by atomic mass is 16.4. The number of carbonyl (C=O) groups excluding carboxylic acids is 1. The Kier molecular flexibility index (Phi) is 6.12. The number of carboxylic acid groups (broad SMARTS) is 1. The Balaban J connectivity index is 2.42. The maximum absolute atomic E-state index is 12.0. The molecule has 18 heavy (non-hydrogen) atoms. The molecule has 5 heteroatoms. The molecule has 1 rings (SSSR count). The van der Waals surface area contributed by atoms with Crippen LogP contribution < -0.4 is 11.1 Å². The van der Waals surface area contributed by atoms with Gasteiger partial charge in [-0.3, -0.25) is 4.79 Å². The molecule has 0 radical (unpaired) electrons. The summed E-state index contributed by atoms with van der Waals surface area (Å²) in [6.07, 6.45) is 4.83. The van der Waals surface area contributed by atoms with Crippen molar-refractivity contribution in [3.63, 3.8) is 0 Å². The van der Waals surface area contributed by atoms with Gasteiger partial charge in [-0.1, -0.05) is 13.3 Å². The van der Waals surface area contributed by atoms with E-state index in [0.29, 0.717) is 18.9 Å². The molecular weight excluding hydrogens is 232 g/mol. The smallest absolute Gasteiger partial charge is 0.326 e. The summed E-state index contributed by atoms with van der Waals surface area (Å²) >= 11 is 0. The maximum atomic E-state index is 12.0. The molecule has 104 valence electrons. The molecule has 1 amide bonds. The Labute approximate surface area is 108 Å². The monoisotopic (exact) mass is 256 g/mol. The van der Waals surface area contributed by atoms with E-state index in [0.717, 1.165) is 32.1 Å². The van der Waals surface area contributed by atoms with Gasteiger partial charge in [0.2, 0.25) is 5.91 Å². The van der Waals surface area contributed by atoms with E-state index in [-0.39, 0.29) is 11.8 Å². The van der Waals surface area contributed by atoms with Gasteiger partial charge in [-0.2, -0.15) is 0 Å². The van der Waals surface area contributed by atoms with Gasteiger partial charge in [0.25, 0.3) is 0 Å². The van der Waals surface area contributed by atoms with E-state index in [1.807, 2.05) is 6.92 Å². The van der Waals surface area contributed by atoms with Gasteiger partial charge in [-0.25, -0.2) is 4.79 Å². The number of carboxylic acids is 1. The second kappa shape index (κ2) is 7.36. The van der Waals surface area contributed by atoms with Crippen LogP contribution >= 0.6 is 0 Å². The first kappa shape index (κ1) is 15.0. The number of aliphatic carboxylic acids is 1. The summed E-state index contributed by atoms with van der Waals surface area (Å²) in [5.41, 5.74) is 5.61. The van der Waals surface area contributed by atoms with E-state index in [9.17, 15) is 9.59 Å². The minimum Gasteiger partial charge on any atom is -0.480 e. The second-order valence-corrected chi connectivity index (χ2v) is 5.14. The van der Waals surface area contributed by atoms with Crippen molar-refractivity contribution in [2.24, 2.45) is 17.6 Å². The second-order valence-electron chi connectivity index (χ2n) is 5.14. The Morgan fingerprint density at radius 2 is 1.94 bits per heavy atom. The minimum absolute atomic E-state index is 0.0356. The van der Waals surface area contributed by atoms with Gasteiger partial charge >= 0.3 is 5.97 Å². The van der Waals surface area contributed by atoms with Crippen LogP contribution in [-0.2, 0) is 9.59 Å². The minimum atomic E-state index is -0.944. The van der Waals surface area contributed by atoms with Gasteiger partial charge in [0.15, 0.2) is 0 Å². The maximum Gasteiger partial charge on any atom is 0.326 e. The fraction of sp³-hybridized carbons (Fsp3) is 0.846. The lowest BCUT2D eigenvalue weighted by atomic mass is 9.81. The van der Waals surface area contributed by atoms with E-state index >= 15 is 0 Å². The van der Waals surface area contributed by atoms with Crippen LogP contribution in [0, 0.1) is 11.8 Å².